The van der Waals surface area contributed by atoms with Gasteiger partial charge in [0.25, 0.3) is 0 Å². The molecule has 0 aliphatic heterocycles. The van der Waals surface area contributed by atoms with Crippen LogP contribution in [0.15, 0.2) is 11.4 Å². The molecule has 0 aromatic carbocycles. The Morgan fingerprint density at radius 2 is 1.72 bits per heavy atom. The zero-order valence-electron chi connectivity index (χ0n) is 18.6. The average molecular weight is 425 g/mol. The molecule has 1 heterocycles. The van der Waals surface area contributed by atoms with E-state index in [-0.39, 0.29) is 5.75 Å². The van der Waals surface area contributed by atoms with Crippen molar-refractivity contribution in [2.45, 2.75) is 77.0 Å². The van der Waals surface area contributed by atoms with Crippen molar-refractivity contribution in [3.63, 3.8) is 0 Å². The fraction of sp³-hybridized carbons (Fsp3) is 0.864. The average Bonchev–Trinajstić information content (AvgIpc) is 3.42. The third-order valence-electron chi connectivity index (χ3n) is 6.62. The van der Waals surface area contributed by atoms with Gasteiger partial charge in [-0.05, 0) is 57.7 Å². The lowest BCUT2D eigenvalue weighted by atomic mass is 9.89. The maximum atomic E-state index is 13.0. The molecule has 0 atom stereocenters. The van der Waals surface area contributed by atoms with Gasteiger partial charge in [0.15, 0.2) is 0 Å². The fourth-order valence-corrected chi connectivity index (χ4v) is 6.31. The Balaban J connectivity index is 1.74. The highest BCUT2D eigenvalue weighted by Gasteiger charge is 2.33. The van der Waals surface area contributed by atoms with Crippen LogP contribution in [-0.4, -0.2) is 66.7 Å². The maximum absolute atomic E-state index is 13.0. The third-order valence-corrected chi connectivity index (χ3v) is 8.41. The SMILES string of the molecule is CCN(CC)CCN(C)Cc1cnc(S(=O)(=O)CC2CC2)n1CC1CCCCC1. The Bertz CT molecular complexity index is 732. The van der Waals surface area contributed by atoms with E-state index in [0.717, 1.165) is 57.8 Å². The van der Waals surface area contributed by atoms with Crippen molar-refractivity contribution in [1.82, 2.24) is 19.4 Å². The fourth-order valence-electron chi connectivity index (χ4n) is 4.47. The van der Waals surface area contributed by atoms with Crippen molar-refractivity contribution in [3.05, 3.63) is 11.9 Å². The first kappa shape index (κ1) is 22.8. The van der Waals surface area contributed by atoms with E-state index in [9.17, 15) is 8.42 Å². The first-order valence-electron chi connectivity index (χ1n) is 11.6. The van der Waals surface area contributed by atoms with Gasteiger partial charge in [0.1, 0.15) is 0 Å². The Kier molecular flexibility index (Phi) is 8.16. The van der Waals surface area contributed by atoms with Gasteiger partial charge >= 0.3 is 0 Å². The predicted molar refractivity (Wildman–Crippen MR) is 118 cm³/mol. The summed E-state index contributed by atoms with van der Waals surface area (Å²) in [6.07, 6.45) is 10.2. The van der Waals surface area contributed by atoms with Gasteiger partial charge in [-0.25, -0.2) is 13.4 Å². The van der Waals surface area contributed by atoms with Crippen LogP contribution in [-0.2, 0) is 22.9 Å². The molecular formula is C22H40N4O2S. The quantitative estimate of drug-likeness (QED) is 0.515. The predicted octanol–water partition coefficient (Wildman–Crippen LogP) is 3.42. The molecule has 0 N–H and O–H groups in total. The monoisotopic (exact) mass is 424 g/mol. The molecule has 2 aliphatic rings. The molecule has 0 unspecified atom stereocenters. The standard InChI is InChI=1S/C22H40N4O2S/c1-4-25(5-2)14-13-24(3)17-21-15-23-22(29(27,28)18-20-11-12-20)26(21)16-19-9-7-6-8-10-19/h15,19-20H,4-14,16-18H2,1-3H3. The van der Waals surface area contributed by atoms with E-state index in [0.29, 0.717) is 17.0 Å². The van der Waals surface area contributed by atoms with Gasteiger partial charge in [0.05, 0.1) is 17.6 Å². The van der Waals surface area contributed by atoms with Crippen molar-refractivity contribution in [3.8, 4) is 0 Å². The van der Waals surface area contributed by atoms with Gasteiger partial charge in [0, 0.05) is 26.2 Å². The number of likely N-dealkylation sites (N-methyl/N-ethyl adjacent to an activating group) is 2. The smallest absolute Gasteiger partial charge is 0.227 e. The summed E-state index contributed by atoms with van der Waals surface area (Å²) in [7, 11) is -1.18. The number of hydrogen-bond donors (Lipinski definition) is 0. The van der Waals surface area contributed by atoms with Crippen LogP contribution in [0, 0.1) is 11.8 Å². The Morgan fingerprint density at radius 1 is 1.03 bits per heavy atom. The van der Waals surface area contributed by atoms with E-state index in [4.69, 9.17) is 0 Å². The van der Waals surface area contributed by atoms with E-state index in [1.165, 1.54) is 32.1 Å². The Hall–Kier alpha value is -0.920. The van der Waals surface area contributed by atoms with Crippen LogP contribution in [0.25, 0.3) is 0 Å². The van der Waals surface area contributed by atoms with Crippen LogP contribution >= 0.6 is 0 Å². The van der Waals surface area contributed by atoms with E-state index >= 15 is 0 Å². The largest absolute Gasteiger partial charge is 0.317 e. The molecule has 0 amide bonds. The molecule has 1 aromatic rings. The summed E-state index contributed by atoms with van der Waals surface area (Å²) in [5.41, 5.74) is 1.05. The highest BCUT2D eigenvalue weighted by atomic mass is 32.2. The molecule has 6 nitrogen and oxygen atoms in total. The lowest BCUT2D eigenvalue weighted by Gasteiger charge is -2.26. The lowest BCUT2D eigenvalue weighted by Crippen LogP contribution is -2.33. The summed E-state index contributed by atoms with van der Waals surface area (Å²) in [5.74, 6) is 1.19. The molecule has 7 heteroatoms. The van der Waals surface area contributed by atoms with Crippen LogP contribution in [0.4, 0.5) is 0 Å². The molecule has 2 fully saturated rings. The lowest BCUT2D eigenvalue weighted by molar-refractivity contribution is 0.230. The van der Waals surface area contributed by atoms with E-state index in [1.807, 2.05) is 6.20 Å². The number of rotatable bonds is 12. The number of sulfone groups is 1. The van der Waals surface area contributed by atoms with Crippen molar-refractivity contribution < 1.29 is 8.42 Å². The number of imidazole rings is 1. The van der Waals surface area contributed by atoms with Crippen molar-refractivity contribution >= 4 is 9.84 Å². The molecule has 1 aromatic heterocycles. The van der Waals surface area contributed by atoms with Gasteiger partial charge < -0.3 is 9.47 Å². The molecule has 3 rings (SSSR count). The zero-order valence-corrected chi connectivity index (χ0v) is 19.5. The van der Waals surface area contributed by atoms with Gasteiger partial charge in [-0.2, -0.15) is 0 Å². The van der Waals surface area contributed by atoms with Crippen molar-refractivity contribution in [2.24, 2.45) is 11.8 Å². The topological polar surface area (TPSA) is 58.4 Å². The summed E-state index contributed by atoms with van der Waals surface area (Å²) < 4.78 is 28.1. The molecule has 166 valence electrons. The van der Waals surface area contributed by atoms with Crippen LogP contribution in [0.5, 0.6) is 0 Å². The summed E-state index contributed by atoms with van der Waals surface area (Å²) in [5, 5.41) is 0.321. The molecule has 2 saturated carbocycles. The van der Waals surface area contributed by atoms with Crippen molar-refractivity contribution in [1.29, 1.82) is 0 Å². The molecule has 2 aliphatic carbocycles. The maximum Gasteiger partial charge on any atom is 0.227 e. The second-order valence-corrected chi connectivity index (χ2v) is 11.1. The Labute approximate surface area is 177 Å². The summed E-state index contributed by atoms with van der Waals surface area (Å²) in [6, 6.07) is 0. The van der Waals surface area contributed by atoms with Crippen LogP contribution in [0.1, 0.15) is 64.5 Å². The number of aromatic nitrogens is 2. The summed E-state index contributed by atoms with van der Waals surface area (Å²) >= 11 is 0. The minimum absolute atomic E-state index is 0.270. The molecule has 0 saturated heterocycles. The minimum atomic E-state index is -3.30. The molecule has 0 spiro atoms. The highest BCUT2D eigenvalue weighted by Crippen LogP contribution is 2.33. The van der Waals surface area contributed by atoms with Crippen LogP contribution in [0.2, 0.25) is 0 Å². The second kappa shape index (κ2) is 10.4. The van der Waals surface area contributed by atoms with Gasteiger partial charge in [-0.15, -0.1) is 0 Å². The number of hydrogen-bond acceptors (Lipinski definition) is 5. The van der Waals surface area contributed by atoms with Gasteiger partial charge in [-0.3, -0.25) is 4.90 Å². The molecule has 0 radical (unpaired) electrons. The molecule has 0 bridgehead atoms. The molecule has 29 heavy (non-hydrogen) atoms. The normalized spacial score (nSPS) is 18.8. The second-order valence-electron chi connectivity index (χ2n) is 9.14. The third kappa shape index (κ3) is 6.53. The first-order chi connectivity index (χ1) is 13.9. The van der Waals surface area contributed by atoms with Crippen LogP contribution < -0.4 is 0 Å². The Morgan fingerprint density at radius 3 is 2.34 bits per heavy atom. The van der Waals surface area contributed by atoms with Crippen LogP contribution in [0.3, 0.4) is 0 Å². The molecular weight excluding hydrogens is 384 g/mol. The summed E-state index contributed by atoms with van der Waals surface area (Å²) in [4.78, 5) is 9.17. The van der Waals surface area contributed by atoms with Crippen molar-refractivity contribution in [2.75, 3.05) is 39.0 Å². The van der Waals surface area contributed by atoms with E-state index < -0.39 is 9.84 Å². The number of nitrogens with zero attached hydrogens (tertiary/aromatic N) is 4. The minimum Gasteiger partial charge on any atom is -0.317 e. The highest BCUT2D eigenvalue weighted by molar-refractivity contribution is 7.91. The summed E-state index contributed by atoms with van der Waals surface area (Å²) in [6.45, 7) is 10.1. The zero-order chi connectivity index (χ0) is 20.9. The van der Waals surface area contributed by atoms with Gasteiger partial charge in [-0.1, -0.05) is 33.1 Å². The van der Waals surface area contributed by atoms with Gasteiger partial charge in [0.2, 0.25) is 15.0 Å². The van der Waals surface area contributed by atoms with E-state index in [1.54, 1.807) is 0 Å². The van der Waals surface area contributed by atoms with E-state index in [2.05, 4.69) is 40.2 Å². The first-order valence-corrected chi connectivity index (χ1v) is 13.3.